The van der Waals surface area contributed by atoms with Crippen LogP contribution >= 0.6 is 12.3 Å². The highest BCUT2D eigenvalue weighted by molar-refractivity contribution is 7.91. The summed E-state index contributed by atoms with van der Waals surface area (Å²) in [6, 6.07) is 10.6. The van der Waals surface area contributed by atoms with Crippen molar-refractivity contribution in [1.82, 2.24) is 0 Å². The zero-order valence-corrected chi connectivity index (χ0v) is 18.5. The third-order valence-corrected chi connectivity index (χ3v) is 6.25. The van der Waals surface area contributed by atoms with E-state index in [0.29, 0.717) is 34.9 Å². The van der Waals surface area contributed by atoms with Crippen LogP contribution in [0.2, 0.25) is 0 Å². The van der Waals surface area contributed by atoms with Crippen LogP contribution < -0.4 is 5.32 Å². The lowest BCUT2D eigenvalue weighted by Crippen LogP contribution is -2.12. The molecule has 2 aromatic rings. The molecular weight excluding hydrogens is 474 g/mol. The van der Waals surface area contributed by atoms with Gasteiger partial charge in [0.2, 0.25) is 0 Å². The lowest BCUT2D eigenvalue weighted by molar-refractivity contribution is -0.434. The molecule has 0 fully saturated rings. The number of anilines is 1. The molecule has 0 aromatic heterocycles. The minimum Gasteiger partial charge on any atom is -0.370 e. The normalized spacial score (nSPS) is 12.4. The molecule has 2 rings (SSSR count). The van der Waals surface area contributed by atoms with Crippen molar-refractivity contribution in [2.24, 2.45) is 10.2 Å². The monoisotopic (exact) mass is 493 g/mol. The number of nitrogens with zero attached hydrogens (tertiary/aromatic N) is 2. The average Bonchev–Trinajstić information content (AvgIpc) is 2.71. The molecule has 0 aliphatic rings. The number of hydrogen-bond donors (Lipinski definition) is 3. The van der Waals surface area contributed by atoms with Gasteiger partial charge < -0.3 is 5.32 Å². The Labute approximate surface area is 183 Å². The summed E-state index contributed by atoms with van der Waals surface area (Å²) in [7, 11) is -7.73. The minimum absolute atomic E-state index is 0.0739. The molecule has 2 aromatic carbocycles. The van der Waals surface area contributed by atoms with Crippen molar-refractivity contribution in [3.8, 4) is 0 Å². The summed E-state index contributed by atoms with van der Waals surface area (Å²) in [4.78, 5) is 0.0739. The van der Waals surface area contributed by atoms with Gasteiger partial charge >= 0.3 is 0 Å². The first kappa shape index (κ1) is 25.2. The molecule has 0 aliphatic heterocycles. The van der Waals surface area contributed by atoms with Crippen molar-refractivity contribution in [2.45, 2.75) is 11.8 Å². The fourth-order valence-electron chi connectivity index (χ4n) is 2.21. The second-order valence-corrected chi connectivity index (χ2v) is 10.0. The molecule has 0 radical (unpaired) electrons. The van der Waals surface area contributed by atoms with Gasteiger partial charge in [0, 0.05) is 5.69 Å². The maximum Gasteiger partial charge on any atom is 0.283 e. The highest BCUT2D eigenvalue weighted by atomic mass is 32.2. The Bertz CT molecular complexity index is 1100. The summed E-state index contributed by atoms with van der Waals surface area (Å²) >= 11 is 0.296. The lowest BCUT2D eigenvalue weighted by Gasteiger charge is -2.07. The van der Waals surface area contributed by atoms with Gasteiger partial charge in [-0.3, -0.25) is 8.74 Å². The molecule has 3 N–H and O–H groups in total. The number of rotatable bonds is 12. The van der Waals surface area contributed by atoms with E-state index >= 15 is 0 Å². The van der Waals surface area contributed by atoms with Crippen LogP contribution in [-0.4, -0.2) is 44.9 Å². The fraction of sp³-hybridized carbons (Fsp3) is 0.250. The van der Waals surface area contributed by atoms with E-state index in [1.54, 1.807) is 25.1 Å². The molecule has 0 bridgehead atoms. The Balaban J connectivity index is 1.99. The van der Waals surface area contributed by atoms with Crippen LogP contribution in [0, 0.1) is 6.92 Å². The van der Waals surface area contributed by atoms with E-state index < -0.39 is 25.8 Å². The van der Waals surface area contributed by atoms with E-state index in [1.807, 2.05) is 0 Å². The van der Waals surface area contributed by atoms with E-state index in [4.69, 9.17) is 14.0 Å². The van der Waals surface area contributed by atoms with Gasteiger partial charge in [0.1, 0.15) is 5.88 Å². The maximum atomic E-state index is 12.2. The van der Waals surface area contributed by atoms with Gasteiger partial charge in [-0.1, -0.05) is 5.04 Å². The summed E-state index contributed by atoms with van der Waals surface area (Å²) in [6.45, 7) is 1.56. The maximum absolute atomic E-state index is 12.2. The lowest BCUT2D eigenvalue weighted by atomic mass is 10.2. The first-order chi connectivity index (χ1) is 14.6. The predicted molar refractivity (Wildman–Crippen MR) is 112 cm³/mol. The molecule has 15 heteroatoms. The van der Waals surface area contributed by atoms with Crippen LogP contribution in [0.15, 0.2) is 57.6 Å². The van der Waals surface area contributed by atoms with E-state index in [9.17, 15) is 16.8 Å². The quantitative estimate of drug-likeness (QED) is 0.0986. The van der Waals surface area contributed by atoms with E-state index in [1.165, 1.54) is 24.3 Å². The van der Waals surface area contributed by atoms with E-state index in [-0.39, 0.29) is 17.3 Å². The molecule has 31 heavy (non-hydrogen) atoms. The zero-order chi connectivity index (χ0) is 22.9. The van der Waals surface area contributed by atoms with Crippen LogP contribution in [0.25, 0.3) is 0 Å². The first-order valence-electron chi connectivity index (χ1n) is 8.41. The number of benzene rings is 2. The molecule has 0 saturated heterocycles. The van der Waals surface area contributed by atoms with Gasteiger partial charge in [-0.25, -0.2) is 13.7 Å². The fourth-order valence-corrected chi connectivity index (χ4v) is 3.97. The molecule has 0 atom stereocenters. The summed E-state index contributed by atoms with van der Waals surface area (Å²) in [5.74, 6) is -0.925. The summed E-state index contributed by atoms with van der Waals surface area (Å²) < 4.78 is 63.5. The van der Waals surface area contributed by atoms with Gasteiger partial charge in [-0.2, -0.15) is 18.6 Å². The minimum atomic E-state index is -4.14. The van der Waals surface area contributed by atoms with Gasteiger partial charge in [-0.05, 0) is 55.0 Å². The van der Waals surface area contributed by atoms with Crippen molar-refractivity contribution in [3.63, 3.8) is 0 Å². The second kappa shape index (κ2) is 11.5. The smallest absolute Gasteiger partial charge is 0.283 e. The third-order valence-electron chi connectivity index (χ3n) is 3.67. The van der Waals surface area contributed by atoms with Crippen molar-refractivity contribution >= 4 is 49.3 Å². The summed E-state index contributed by atoms with van der Waals surface area (Å²) in [6.07, 6.45) is 0. The van der Waals surface area contributed by atoms with Gasteiger partial charge in [0.15, 0.2) is 22.2 Å². The van der Waals surface area contributed by atoms with Crippen molar-refractivity contribution < 1.29 is 40.2 Å². The number of nitrogens with one attached hydrogen (secondary N) is 1. The third kappa shape index (κ3) is 8.88. The molecule has 12 nitrogen and oxygen atoms in total. The van der Waals surface area contributed by atoms with E-state index in [2.05, 4.69) is 24.9 Å². The van der Waals surface area contributed by atoms with Gasteiger partial charge in [0.25, 0.3) is 10.1 Å². The van der Waals surface area contributed by atoms with Gasteiger partial charge in [-0.15, -0.1) is 4.33 Å². The van der Waals surface area contributed by atoms with Crippen LogP contribution in [0.3, 0.4) is 0 Å². The van der Waals surface area contributed by atoms with Crippen molar-refractivity contribution in [2.75, 3.05) is 23.6 Å². The van der Waals surface area contributed by atoms with Crippen LogP contribution in [0.1, 0.15) is 5.56 Å². The summed E-state index contributed by atoms with van der Waals surface area (Å²) in [5.41, 5.74) is 2.14. The van der Waals surface area contributed by atoms with Gasteiger partial charge in [0.05, 0.1) is 28.6 Å². The molecule has 0 saturated carbocycles. The molecule has 0 aliphatic carbocycles. The topological polar surface area (TPSA) is 173 Å². The average molecular weight is 494 g/mol. The largest absolute Gasteiger partial charge is 0.370 e. The molecule has 0 heterocycles. The molecule has 0 spiro atoms. The molecular formula is C16H19N3O9S3. The number of azo groups is 1. The Kier molecular flexibility index (Phi) is 9.32. The number of aryl methyl sites for hydroxylation is 1. The van der Waals surface area contributed by atoms with Crippen LogP contribution in [0.4, 0.5) is 17.1 Å². The van der Waals surface area contributed by atoms with Crippen LogP contribution in [0.5, 0.6) is 0 Å². The highest BCUT2D eigenvalue weighted by Gasteiger charge is 2.14. The SMILES string of the molecule is Cc1cc(NCS(=O)(=O)O)ccc1/N=N/c1ccc(S(=O)(=O)CCOSOOO)cc1. The molecule has 0 unspecified atom stereocenters. The number of sulfone groups is 1. The molecule has 170 valence electrons. The Morgan fingerprint density at radius 2 is 1.77 bits per heavy atom. The number of hydrogen-bond acceptors (Lipinski definition) is 12. The van der Waals surface area contributed by atoms with E-state index in [0.717, 1.165) is 0 Å². The standard InChI is InChI=1S/C16H19N3O9S3/c1-12-10-14(17-11-31(23,24)25)4-7-16(12)19-18-13-2-5-15(6-3-13)30(21,22)9-8-26-29-28-27-20/h2-7,10,17,20H,8-9,11H2,1H3,(H,23,24,25)/b19-18+. The predicted octanol–water partition coefficient (Wildman–Crippen LogP) is 3.44. The van der Waals surface area contributed by atoms with Crippen molar-refractivity contribution in [3.05, 3.63) is 48.0 Å². The van der Waals surface area contributed by atoms with Crippen molar-refractivity contribution in [1.29, 1.82) is 0 Å². The second-order valence-electron chi connectivity index (χ2n) is 5.95. The zero-order valence-electron chi connectivity index (χ0n) is 16.0. The Morgan fingerprint density at radius 1 is 1.06 bits per heavy atom. The Hall–Kier alpha value is -2.11. The Morgan fingerprint density at radius 3 is 2.39 bits per heavy atom. The van der Waals surface area contributed by atoms with Crippen LogP contribution in [-0.2, 0) is 33.5 Å². The molecule has 0 amide bonds. The first-order valence-corrected chi connectivity index (χ1v) is 12.3. The summed E-state index contributed by atoms with van der Waals surface area (Å²) in [5, 5.41) is 22.0. The highest BCUT2D eigenvalue weighted by Crippen LogP contribution is 2.25.